The lowest BCUT2D eigenvalue weighted by atomic mass is 9.98. The number of fused-ring (bicyclic) bond motifs is 1. The van der Waals surface area contributed by atoms with Gasteiger partial charge in [0.25, 0.3) is 0 Å². The van der Waals surface area contributed by atoms with E-state index in [2.05, 4.69) is 37.8 Å². The van der Waals surface area contributed by atoms with Gasteiger partial charge in [0.05, 0.1) is 0 Å². The Hall–Kier alpha value is -1.18. The van der Waals surface area contributed by atoms with Crippen molar-refractivity contribution in [3.8, 4) is 0 Å². The lowest BCUT2D eigenvalue weighted by molar-refractivity contribution is 0.437. The van der Waals surface area contributed by atoms with Crippen molar-refractivity contribution in [1.82, 2.24) is 0 Å². The molecule has 0 fully saturated rings. The summed E-state index contributed by atoms with van der Waals surface area (Å²) in [6, 6.07) is 6.29. The number of nitrogen functional groups attached to an aromatic ring is 1. The number of hydrogen-bond acceptors (Lipinski definition) is 2. The molecule has 2 N–H and O–H groups in total. The van der Waals surface area contributed by atoms with Crippen LogP contribution in [0, 0.1) is 11.8 Å². The van der Waals surface area contributed by atoms with Crippen molar-refractivity contribution in [1.29, 1.82) is 0 Å². The van der Waals surface area contributed by atoms with E-state index in [1.807, 2.05) is 6.07 Å². The van der Waals surface area contributed by atoms with Crippen molar-refractivity contribution in [2.45, 2.75) is 33.6 Å². The highest BCUT2D eigenvalue weighted by molar-refractivity contribution is 5.68. The van der Waals surface area contributed by atoms with E-state index in [0.717, 1.165) is 37.0 Å². The second-order valence-corrected chi connectivity index (χ2v) is 5.78. The fraction of sp³-hybridized carbons (Fsp3) is 0.600. The lowest BCUT2D eigenvalue weighted by Crippen LogP contribution is -2.27. The highest BCUT2D eigenvalue weighted by atomic mass is 15.1. The van der Waals surface area contributed by atoms with Crippen LogP contribution in [0.25, 0.3) is 0 Å². The first-order valence-electron chi connectivity index (χ1n) is 6.70. The first kappa shape index (κ1) is 12.3. The molecule has 0 saturated heterocycles. The van der Waals surface area contributed by atoms with Gasteiger partial charge in [-0.1, -0.05) is 26.8 Å². The van der Waals surface area contributed by atoms with E-state index in [1.165, 1.54) is 17.7 Å². The Morgan fingerprint density at radius 3 is 2.76 bits per heavy atom. The Morgan fingerprint density at radius 2 is 2.06 bits per heavy atom. The molecule has 2 nitrogen and oxygen atoms in total. The maximum absolute atomic E-state index is 6.02. The van der Waals surface area contributed by atoms with Crippen molar-refractivity contribution in [2.75, 3.05) is 23.7 Å². The van der Waals surface area contributed by atoms with E-state index in [-0.39, 0.29) is 0 Å². The third-order valence-corrected chi connectivity index (χ3v) is 3.57. The van der Waals surface area contributed by atoms with Gasteiger partial charge in [-0.2, -0.15) is 0 Å². The number of rotatable bonds is 4. The maximum Gasteiger partial charge on any atom is 0.0420 e. The molecule has 0 aromatic heterocycles. The zero-order chi connectivity index (χ0) is 12.4. The van der Waals surface area contributed by atoms with Crippen LogP contribution in [0.5, 0.6) is 0 Å². The summed E-state index contributed by atoms with van der Waals surface area (Å²) >= 11 is 0. The Kier molecular flexibility index (Phi) is 3.60. The lowest BCUT2D eigenvalue weighted by Gasteiger charge is -2.24. The molecule has 17 heavy (non-hydrogen) atoms. The first-order chi connectivity index (χ1) is 8.08. The molecule has 1 aromatic rings. The largest absolute Gasteiger partial charge is 0.398 e. The smallest absolute Gasteiger partial charge is 0.0420 e. The van der Waals surface area contributed by atoms with Crippen molar-refractivity contribution in [2.24, 2.45) is 11.8 Å². The molecule has 1 heterocycles. The molecule has 1 aromatic carbocycles. The Morgan fingerprint density at radius 1 is 1.29 bits per heavy atom. The summed E-state index contributed by atoms with van der Waals surface area (Å²) in [4.78, 5) is 2.50. The van der Waals surface area contributed by atoms with Gasteiger partial charge < -0.3 is 10.6 Å². The van der Waals surface area contributed by atoms with Gasteiger partial charge in [-0.3, -0.25) is 0 Å². The monoisotopic (exact) mass is 232 g/mol. The fourth-order valence-electron chi connectivity index (χ4n) is 2.97. The summed E-state index contributed by atoms with van der Waals surface area (Å²) in [5, 5.41) is 0. The molecule has 0 radical (unpaired) electrons. The third-order valence-electron chi connectivity index (χ3n) is 3.57. The van der Waals surface area contributed by atoms with Crippen LogP contribution in [0.1, 0.15) is 32.8 Å². The zero-order valence-electron chi connectivity index (χ0n) is 11.2. The van der Waals surface area contributed by atoms with Gasteiger partial charge in [0.15, 0.2) is 0 Å². The van der Waals surface area contributed by atoms with Gasteiger partial charge in [-0.15, -0.1) is 0 Å². The minimum absolute atomic E-state index is 0.752. The predicted molar refractivity (Wildman–Crippen MR) is 75.4 cm³/mol. The van der Waals surface area contributed by atoms with Gasteiger partial charge in [0.2, 0.25) is 0 Å². The van der Waals surface area contributed by atoms with Crippen LogP contribution in [-0.4, -0.2) is 13.1 Å². The summed E-state index contributed by atoms with van der Waals surface area (Å²) in [5.41, 5.74) is 9.69. The van der Waals surface area contributed by atoms with E-state index in [1.54, 1.807) is 0 Å². The van der Waals surface area contributed by atoms with Crippen LogP contribution in [0.4, 0.5) is 11.4 Å². The SMILES string of the molecule is CC(C)CC(C)CN1CCc2c(N)cccc21. The van der Waals surface area contributed by atoms with Gasteiger partial charge in [-0.25, -0.2) is 0 Å². The van der Waals surface area contributed by atoms with Gasteiger partial charge in [0.1, 0.15) is 0 Å². The quantitative estimate of drug-likeness (QED) is 0.807. The molecule has 94 valence electrons. The summed E-state index contributed by atoms with van der Waals surface area (Å²) in [6.07, 6.45) is 2.41. The molecule has 0 amide bonds. The van der Waals surface area contributed by atoms with Crippen molar-refractivity contribution >= 4 is 11.4 Å². The van der Waals surface area contributed by atoms with Crippen LogP contribution in [0.3, 0.4) is 0 Å². The van der Waals surface area contributed by atoms with Crippen molar-refractivity contribution in [3.05, 3.63) is 23.8 Å². The van der Waals surface area contributed by atoms with E-state index >= 15 is 0 Å². The minimum Gasteiger partial charge on any atom is -0.398 e. The minimum atomic E-state index is 0.752. The molecule has 0 spiro atoms. The summed E-state index contributed by atoms with van der Waals surface area (Å²) < 4.78 is 0. The molecule has 2 heteroatoms. The van der Waals surface area contributed by atoms with E-state index in [9.17, 15) is 0 Å². The summed E-state index contributed by atoms with van der Waals surface area (Å²) in [7, 11) is 0. The number of benzene rings is 1. The second-order valence-electron chi connectivity index (χ2n) is 5.78. The summed E-state index contributed by atoms with van der Waals surface area (Å²) in [5.74, 6) is 1.54. The molecule has 1 unspecified atom stereocenters. The Labute approximate surface area is 105 Å². The molecule has 1 aliphatic rings. The third kappa shape index (κ3) is 2.74. The summed E-state index contributed by atoms with van der Waals surface area (Å²) in [6.45, 7) is 9.24. The van der Waals surface area contributed by atoms with E-state index in [0.29, 0.717) is 0 Å². The van der Waals surface area contributed by atoms with Crippen LogP contribution in [-0.2, 0) is 6.42 Å². The van der Waals surface area contributed by atoms with Gasteiger partial charge >= 0.3 is 0 Å². The molecule has 0 bridgehead atoms. The first-order valence-corrected chi connectivity index (χ1v) is 6.70. The molecule has 0 saturated carbocycles. The van der Waals surface area contributed by atoms with Crippen molar-refractivity contribution < 1.29 is 0 Å². The van der Waals surface area contributed by atoms with Crippen molar-refractivity contribution in [3.63, 3.8) is 0 Å². The Balaban J connectivity index is 2.05. The molecule has 1 atom stereocenters. The van der Waals surface area contributed by atoms with Crippen LogP contribution >= 0.6 is 0 Å². The normalized spacial score (nSPS) is 16.4. The second kappa shape index (κ2) is 4.99. The highest BCUT2D eigenvalue weighted by Crippen LogP contribution is 2.32. The predicted octanol–water partition coefficient (Wildman–Crippen LogP) is 3.31. The fourth-order valence-corrected chi connectivity index (χ4v) is 2.97. The molecular weight excluding hydrogens is 208 g/mol. The standard InChI is InChI=1S/C15H24N2/c1-11(2)9-12(3)10-17-8-7-13-14(16)5-4-6-15(13)17/h4-6,11-12H,7-10,16H2,1-3H3. The molecule has 1 aliphatic heterocycles. The van der Waals surface area contributed by atoms with Gasteiger partial charge in [-0.05, 0) is 36.8 Å². The number of nitrogens with zero attached hydrogens (tertiary/aromatic N) is 1. The van der Waals surface area contributed by atoms with E-state index < -0.39 is 0 Å². The Bertz CT molecular complexity index is 385. The molecule has 2 rings (SSSR count). The van der Waals surface area contributed by atoms with Crippen LogP contribution in [0.2, 0.25) is 0 Å². The molecule has 0 aliphatic carbocycles. The van der Waals surface area contributed by atoms with E-state index in [4.69, 9.17) is 5.73 Å². The van der Waals surface area contributed by atoms with Gasteiger partial charge in [0, 0.05) is 30.0 Å². The number of nitrogens with two attached hydrogens (primary N) is 1. The average molecular weight is 232 g/mol. The number of hydrogen-bond donors (Lipinski definition) is 1. The van der Waals surface area contributed by atoms with Crippen LogP contribution in [0.15, 0.2) is 18.2 Å². The topological polar surface area (TPSA) is 29.3 Å². The average Bonchev–Trinajstić information content (AvgIpc) is 2.62. The highest BCUT2D eigenvalue weighted by Gasteiger charge is 2.22. The molecular formula is C15H24N2. The number of anilines is 2. The zero-order valence-corrected chi connectivity index (χ0v) is 11.2. The van der Waals surface area contributed by atoms with Crippen LogP contribution < -0.4 is 10.6 Å². The maximum atomic E-state index is 6.02.